The number of aromatic nitrogens is 2. The van der Waals surface area contributed by atoms with Crippen LogP contribution in [-0.2, 0) is 16.0 Å². The number of carbonyl (C=O) groups is 1. The highest BCUT2D eigenvalue weighted by Crippen LogP contribution is 2.45. The summed E-state index contributed by atoms with van der Waals surface area (Å²) in [4.78, 5) is 25.9. The molecule has 1 aromatic carbocycles. The maximum absolute atomic E-state index is 13.2. The zero-order valence-corrected chi connectivity index (χ0v) is 19.7. The summed E-state index contributed by atoms with van der Waals surface area (Å²) in [6, 6.07) is 5.73. The minimum atomic E-state index is -0.374. The fourth-order valence-electron chi connectivity index (χ4n) is 5.09. The lowest BCUT2D eigenvalue weighted by Crippen LogP contribution is -2.47. The standard InChI is InChI=1S/C25H31FN6O3/c26-4-9-31-7-2-25(3-8-31)16-18-14-20(21(15-22(18)35-25)32-10-12-34-13-11-32)30-24(33)19(17-27)23-28-5-1-6-29-23/h1,5-6,14-15,17H,2-4,7-13,16,27H2,(H,30,33)/b19-17+. The average Bonchev–Trinajstić information content (AvgIpc) is 3.23. The first kappa shape index (κ1) is 23.5. The van der Waals surface area contributed by atoms with Crippen LogP contribution in [0.15, 0.2) is 36.8 Å². The van der Waals surface area contributed by atoms with Crippen molar-refractivity contribution in [3.63, 3.8) is 0 Å². The van der Waals surface area contributed by atoms with Crippen LogP contribution in [0.25, 0.3) is 5.57 Å². The van der Waals surface area contributed by atoms with Crippen LogP contribution < -0.4 is 20.7 Å². The van der Waals surface area contributed by atoms with Gasteiger partial charge in [0.2, 0.25) is 0 Å². The van der Waals surface area contributed by atoms with Crippen molar-refractivity contribution in [1.29, 1.82) is 0 Å². The number of hydrogen-bond acceptors (Lipinski definition) is 8. The minimum absolute atomic E-state index is 0.201. The molecule has 0 aliphatic carbocycles. The average molecular weight is 483 g/mol. The van der Waals surface area contributed by atoms with Gasteiger partial charge in [-0.25, -0.2) is 14.4 Å². The van der Waals surface area contributed by atoms with E-state index in [0.717, 1.165) is 49.4 Å². The first-order valence-corrected chi connectivity index (χ1v) is 12.1. The predicted octanol–water partition coefficient (Wildman–Crippen LogP) is 1.99. The molecule has 2 aromatic rings. The molecule has 186 valence electrons. The monoisotopic (exact) mass is 482 g/mol. The van der Waals surface area contributed by atoms with E-state index in [1.807, 2.05) is 12.1 Å². The van der Waals surface area contributed by atoms with Crippen LogP contribution in [0, 0.1) is 0 Å². The number of ether oxygens (including phenoxy) is 2. The highest BCUT2D eigenvalue weighted by atomic mass is 19.1. The number of carbonyl (C=O) groups excluding carboxylic acids is 1. The van der Waals surface area contributed by atoms with E-state index in [-0.39, 0.29) is 29.6 Å². The molecule has 3 aliphatic heterocycles. The lowest BCUT2D eigenvalue weighted by Gasteiger charge is -2.38. The van der Waals surface area contributed by atoms with Gasteiger partial charge in [-0.15, -0.1) is 0 Å². The second-order valence-corrected chi connectivity index (χ2v) is 9.18. The lowest BCUT2D eigenvalue weighted by molar-refractivity contribution is -0.111. The number of nitrogens with zero attached hydrogens (tertiary/aromatic N) is 4. The number of amides is 1. The van der Waals surface area contributed by atoms with E-state index in [2.05, 4.69) is 25.1 Å². The molecule has 2 saturated heterocycles. The minimum Gasteiger partial charge on any atom is -0.486 e. The van der Waals surface area contributed by atoms with E-state index >= 15 is 0 Å². The molecule has 0 radical (unpaired) electrons. The van der Waals surface area contributed by atoms with Crippen molar-refractivity contribution in [3.05, 3.63) is 48.2 Å². The van der Waals surface area contributed by atoms with Crippen molar-refractivity contribution >= 4 is 22.9 Å². The molecular weight excluding hydrogens is 451 g/mol. The van der Waals surface area contributed by atoms with E-state index in [4.69, 9.17) is 15.2 Å². The Kier molecular flexibility index (Phi) is 6.83. The third-order valence-corrected chi connectivity index (χ3v) is 7.00. The van der Waals surface area contributed by atoms with E-state index in [0.29, 0.717) is 38.5 Å². The predicted molar refractivity (Wildman–Crippen MR) is 131 cm³/mol. The lowest BCUT2D eigenvalue weighted by atomic mass is 9.87. The van der Waals surface area contributed by atoms with Crippen LogP contribution in [0.3, 0.4) is 0 Å². The van der Waals surface area contributed by atoms with Crippen molar-refractivity contribution in [2.75, 3.05) is 62.8 Å². The highest BCUT2D eigenvalue weighted by molar-refractivity contribution is 6.24. The molecule has 3 aliphatic rings. The summed E-state index contributed by atoms with van der Waals surface area (Å²) in [5.41, 5.74) is 8.35. The van der Waals surface area contributed by atoms with Crippen molar-refractivity contribution in [2.24, 2.45) is 5.73 Å². The van der Waals surface area contributed by atoms with Crippen LogP contribution in [0.4, 0.5) is 15.8 Å². The summed E-state index contributed by atoms with van der Waals surface area (Å²) in [6.07, 6.45) is 6.84. The van der Waals surface area contributed by atoms with Gasteiger partial charge in [0.25, 0.3) is 5.91 Å². The molecule has 0 bridgehead atoms. The zero-order valence-electron chi connectivity index (χ0n) is 19.7. The van der Waals surface area contributed by atoms with Gasteiger partial charge in [-0.2, -0.15) is 0 Å². The Hall–Kier alpha value is -3.24. The number of alkyl halides is 1. The van der Waals surface area contributed by atoms with Crippen molar-refractivity contribution < 1.29 is 18.7 Å². The van der Waals surface area contributed by atoms with E-state index in [9.17, 15) is 9.18 Å². The Morgan fingerprint density at radius 2 is 1.91 bits per heavy atom. The van der Waals surface area contributed by atoms with Gasteiger partial charge < -0.3 is 30.3 Å². The summed E-state index contributed by atoms with van der Waals surface area (Å²) in [7, 11) is 0. The van der Waals surface area contributed by atoms with E-state index in [1.54, 1.807) is 18.5 Å². The normalized spacial score (nSPS) is 19.9. The fourth-order valence-corrected chi connectivity index (χ4v) is 5.09. The number of halogens is 1. The molecule has 1 spiro atoms. The maximum Gasteiger partial charge on any atom is 0.261 e. The number of likely N-dealkylation sites (tertiary alicyclic amines) is 1. The molecule has 1 amide bonds. The largest absolute Gasteiger partial charge is 0.486 e. The van der Waals surface area contributed by atoms with E-state index < -0.39 is 0 Å². The first-order chi connectivity index (χ1) is 17.1. The number of rotatable bonds is 6. The number of benzene rings is 1. The van der Waals surface area contributed by atoms with Crippen LogP contribution >= 0.6 is 0 Å². The van der Waals surface area contributed by atoms with Crippen molar-refractivity contribution in [2.45, 2.75) is 24.9 Å². The second kappa shape index (κ2) is 10.2. The molecule has 4 heterocycles. The Morgan fingerprint density at radius 1 is 1.17 bits per heavy atom. The molecular formula is C25H31FN6O3. The third kappa shape index (κ3) is 4.94. The number of anilines is 2. The van der Waals surface area contributed by atoms with Gasteiger partial charge >= 0.3 is 0 Å². The van der Waals surface area contributed by atoms with Gasteiger partial charge in [0.05, 0.1) is 30.2 Å². The molecule has 2 fully saturated rings. The topological polar surface area (TPSA) is 106 Å². The van der Waals surface area contributed by atoms with Crippen LogP contribution in [0.2, 0.25) is 0 Å². The molecule has 0 saturated carbocycles. The fraction of sp³-hybridized carbons (Fsp3) is 0.480. The summed E-state index contributed by atoms with van der Waals surface area (Å²) < 4.78 is 24.9. The quantitative estimate of drug-likeness (QED) is 0.603. The van der Waals surface area contributed by atoms with Gasteiger partial charge in [0.15, 0.2) is 5.82 Å². The number of piperidine rings is 1. The smallest absolute Gasteiger partial charge is 0.261 e. The van der Waals surface area contributed by atoms with Crippen LogP contribution in [0.5, 0.6) is 5.75 Å². The molecule has 5 rings (SSSR count). The Labute approximate surface area is 204 Å². The maximum atomic E-state index is 13.2. The van der Waals surface area contributed by atoms with Crippen molar-refractivity contribution in [3.8, 4) is 5.75 Å². The molecule has 0 atom stereocenters. The SMILES string of the molecule is N/C=C(/C(=O)Nc1cc2c(cc1N1CCOCC1)OC1(CCN(CCF)CC1)C2)c1ncccn1. The highest BCUT2D eigenvalue weighted by Gasteiger charge is 2.42. The van der Waals surface area contributed by atoms with Gasteiger partial charge in [-0.3, -0.25) is 4.79 Å². The second-order valence-electron chi connectivity index (χ2n) is 9.18. The Bertz CT molecular complexity index is 1080. The van der Waals surface area contributed by atoms with E-state index in [1.165, 1.54) is 6.20 Å². The number of morpholine rings is 1. The summed E-state index contributed by atoms with van der Waals surface area (Å²) in [5.74, 6) is 0.745. The van der Waals surface area contributed by atoms with Gasteiger partial charge in [0.1, 0.15) is 18.0 Å². The van der Waals surface area contributed by atoms with Gasteiger partial charge in [-0.1, -0.05) is 0 Å². The van der Waals surface area contributed by atoms with Crippen LogP contribution in [-0.4, -0.2) is 79.0 Å². The number of fused-ring (bicyclic) bond motifs is 1. The van der Waals surface area contributed by atoms with Crippen molar-refractivity contribution in [1.82, 2.24) is 14.9 Å². The summed E-state index contributed by atoms with van der Waals surface area (Å²) in [5, 5.41) is 3.05. The zero-order chi connectivity index (χ0) is 24.3. The number of nitrogens with two attached hydrogens (primary N) is 1. The Morgan fingerprint density at radius 3 is 2.60 bits per heavy atom. The molecule has 1 aromatic heterocycles. The molecule has 9 nitrogen and oxygen atoms in total. The Balaban J connectivity index is 1.41. The molecule has 10 heteroatoms. The molecule has 35 heavy (non-hydrogen) atoms. The number of hydrogen-bond donors (Lipinski definition) is 2. The third-order valence-electron chi connectivity index (χ3n) is 7.00. The first-order valence-electron chi connectivity index (χ1n) is 12.1. The van der Waals surface area contributed by atoms with Gasteiger partial charge in [-0.05, 0) is 12.1 Å². The number of nitrogens with one attached hydrogen (secondary N) is 1. The van der Waals surface area contributed by atoms with Crippen LogP contribution in [0.1, 0.15) is 24.2 Å². The molecule has 0 unspecified atom stereocenters. The summed E-state index contributed by atoms with van der Waals surface area (Å²) >= 11 is 0. The van der Waals surface area contributed by atoms with Gasteiger partial charge in [0, 0.05) is 82.2 Å². The molecule has 3 N–H and O–H groups in total. The summed E-state index contributed by atoms with van der Waals surface area (Å²) in [6.45, 7) is 4.45.